The molecule has 0 aliphatic heterocycles. The molecule has 0 saturated heterocycles. The number of hydrogen-bond acceptors (Lipinski definition) is 3. The number of nitrogens with one attached hydrogen (secondary N) is 1. The number of hydrogen-bond donors (Lipinski definition) is 2. The van der Waals surface area contributed by atoms with Crippen LogP contribution in [0, 0.1) is 6.92 Å². The van der Waals surface area contributed by atoms with Crippen LogP contribution in [0.2, 0.25) is 0 Å². The molecule has 1 aromatic heterocycles. The normalized spacial score (nSPS) is 11.8. The van der Waals surface area contributed by atoms with E-state index in [4.69, 9.17) is 5.73 Å². The highest BCUT2D eigenvalue weighted by molar-refractivity contribution is 5.19. The molecule has 0 aliphatic carbocycles. The highest BCUT2D eigenvalue weighted by atomic mass is 19.4. The van der Waals surface area contributed by atoms with Crippen LogP contribution in [-0.4, -0.2) is 16.5 Å². The van der Waals surface area contributed by atoms with Crippen molar-refractivity contribution in [2.24, 2.45) is 5.73 Å². The van der Waals surface area contributed by atoms with Crippen LogP contribution in [0.4, 0.5) is 13.2 Å². The van der Waals surface area contributed by atoms with Crippen molar-refractivity contribution < 1.29 is 13.2 Å². The first kappa shape index (κ1) is 12.7. The third kappa shape index (κ3) is 2.82. The van der Waals surface area contributed by atoms with Gasteiger partial charge < -0.3 is 10.7 Å². The number of aromatic nitrogens is 2. The Balaban J connectivity index is 3.18. The molecule has 0 atom stereocenters. The summed E-state index contributed by atoms with van der Waals surface area (Å²) in [5.41, 5.74) is 2.94. The number of nitrogens with two attached hydrogens (primary N) is 1. The maximum Gasteiger partial charge on any atom is 0.433 e. The minimum absolute atomic E-state index is 0.0216. The van der Waals surface area contributed by atoms with E-state index >= 15 is 0 Å². The van der Waals surface area contributed by atoms with Gasteiger partial charge in [-0.15, -0.1) is 0 Å². The molecule has 16 heavy (non-hydrogen) atoms. The Morgan fingerprint density at radius 3 is 2.56 bits per heavy atom. The lowest BCUT2D eigenvalue weighted by Crippen LogP contribution is -2.23. The van der Waals surface area contributed by atoms with Gasteiger partial charge in [0, 0.05) is 12.0 Å². The van der Waals surface area contributed by atoms with Gasteiger partial charge in [0.25, 0.3) is 5.56 Å². The average molecular weight is 235 g/mol. The first-order valence-electron chi connectivity index (χ1n) is 4.73. The zero-order valence-electron chi connectivity index (χ0n) is 8.69. The molecule has 4 nitrogen and oxygen atoms in total. The molecule has 0 saturated carbocycles. The van der Waals surface area contributed by atoms with E-state index in [-0.39, 0.29) is 12.2 Å². The lowest BCUT2D eigenvalue weighted by molar-refractivity contribution is -0.142. The van der Waals surface area contributed by atoms with E-state index in [1.54, 1.807) is 0 Å². The van der Waals surface area contributed by atoms with Gasteiger partial charge in [0.1, 0.15) is 5.82 Å². The predicted octanol–water partition coefficient (Wildman–Crippen LogP) is 0.988. The SMILES string of the molecule is Cc1c(C(F)(F)F)nc(CCCN)[nH]c1=O. The summed E-state index contributed by atoms with van der Waals surface area (Å²) in [7, 11) is 0. The zero-order chi connectivity index (χ0) is 12.3. The van der Waals surface area contributed by atoms with Crippen molar-refractivity contribution in [3.05, 3.63) is 27.4 Å². The molecule has 0 bridgehead atoms. The molecule has 0 unspecified atom stereocenters. The molecular formula is C9H12F3N3O. The minimum atomic E-state index is -4.60. The summed E-state index contributed by atoms with van der Waals surface area (Å²) in [5, 5.41) is 0. The van der Waals surface area contributed by atoms with Crippen LogP contribution in [-0.2, 0) is 12.6 Å². The molecule has 0 fully saturated rings. The Morgan fingerprint density at radius 1 is 1.44 bits per heavy atom. The number of nitrogens with zero attached hydrogens (tertiary/aromatic N) is 1. The second-order valence-corrected chi connectivity index (χ2v) is 3.38. The van der Waals surface area contributed by atoms with Crippen molar-refractivity contribution >= 4 is 0 Å². The van der Waals surface area contributed by atoms with Gasteiger partial charge in [-0.1, -0.05) is 0 Å². The van der Waals surface area contributed by atoms with Gasteiger partial charge in [0.15, 0.2) is 5.69 Å². The summed E-state index contributed by atoms with van der Waals surface area (Å²) in [4.78, 5) is 17.0. The predicted molar refractivity (Wildman–Crippen MR) is 52.0 cm³/mol. The Bertz CT molecular complexity index is 425. The summed E-state index contributed by atoms with van der Waals surface area (Å²) in [6.45, 7) is 1.43. The van der Waals surface area contributed by atoms with E-state index in [0.717, 1.165) is 6.92 Å². The Morgan fingerprint density at radius 2 is 2.06 bits per heavy atom. The van der Waals surface area contributed by atoms with E-state index < -0.39 is 23.0 Å². The number of rotatable bonds is 3. The highest BCUT2D eigenvalue weighted by Crippen LogP contribution is 2.28. The monoisotopic (exact) mass is 235 g/mol. The summed E-state index contributed by atoms with van der Waals surface area (Å²) in [6, 6.07) is 0. The lowest BCUT2D eigenvalue weighted by Gasteiger charge is -2.10. The van der Waals surface area contributed by atoms with Crippen molar-refractivity contribution in [3.63, 3.8) is 0 Å². The molecule has 1 aromatic rings. The topological polar surface area (TPSA) is 71.8 Å². The second kappa shape index (κ2) is 4.65. The van der Waals surface area contributed by atoms with E-state index in [1.807, 2.05) is 0 Å². The van der Waals surface area contributed by atoms with Crippen LogP contribution in [0.5, 0.6) is 0 Å². The number of halogens is 3. The van der Waals surface area contributed by atoms with E-state index in [1.165, 1.54) is 0 Å². The van der Waals surface area contributed by atoms with Gasteiger partial charge in [-0.05, 0) is 19.9 Å². The van der Waals surface area contributed by atoms with Gasteiger partial charge in [-0.25, -0.2) is 4.98 Å². The molecule has 1 rings (SSSR count). The number of aromatic amines is 1. The van der Waals surface area contributed by atoms with Crippen molar-refractivity contribution in [2.45, 2.75) is 25.9 Å². The molecule has 0 aliphatic rings. The molecule has 0 radical (unpaired) electrons. The van der Waals surface area contributed by atoms with Crippen molar-refractivity contribution in [1.29, 1.82) is 0 Å². The van der Waals surface area contributed by atoms with E-state index in [0.29, 0.717) is 13.0 Å². The molecule has 0 aromatic carbocycles. The smallest absolute Gasteiger partial charge is 0.330 e. The first-order valence-corrected chi connectivity index (χ1v) is 4.73. The quantitative estimate of drug-likeness (QED) is 0.820. The van der Waals surface area contributed by atoms with Crippen LogP contribution in [0.25, 0.3) is 0 Å². The summed E-state index contributed by atoms with van der Waals surface area (Å²) in [6.07, 6.45) is -3.89. The molecule has 0 spiro atoms. The first-order chi connectivity index (χ1) is 7.36. The average Bonchev–Trinajstić information content (AvgIpc) is 2.17. The highest BCUT2D eigenvalue weighted by Gasteiger charge is 2.35. The zero-order valence-corrected chi connectivity index (χ0v) is 8.69. The summed E-state index contributed by atoms with van der Waals surface area (Å²) >= 11 is 0. The molecule has 7 heteroatoms. The Hall–Kier alpha value is -1.37. The van der Waals surface area contributed by atoms with Crippen molar-refractivity contribution in [2.75, 3.05) is 6.54 Å². The van der Waals surface area contributed by atoms with Crippen LogP contribution >= 0.6 is 0 Å². The van der Waals surface area contributed by atoms with Gasteiger partial charge >= 0.3 is 6.18 Å². The molecule has 3 N–H and O–H groups in total. The lowest BCUT2D eigenvalue weighted by atomic mass is 10.2. The van der Waals surface area contributed by atoms with Gasteiger partial charge in [0.2, 0.25) is 0 Å². The Labute approximate surface area is 89.7 Å². The molecule has 0 amide bonds. The largest absolute Gasteiger partial charge is 0.433 e. The maximum absolute atomic E-state index is 12.5. The van der Waals surface area contributed by atoms with Crippen molar-refractivity contribution in [1.82, 2.24) is 9.97 Å². The third-order valence-corrected chi connectivity index (χ3v) is 2.09. The number of alkyl halides is 3. The van der Waals surface area contributed by atoms with Crippen molar-refractivity contribution in [3.8, 4) is 0 Å². The minimum Gasteiger partial charge on any atom is -0.330 e. The molecule has 90 valence electrons. The van der Waals surface area contributed by atoms with E-state index in [9.17, 15) is 18.0 Å². The summed E-state index contributed by atoms with van der Waals surface area (Å²) in [5.74, 6) is 0.0216. The number of H-pyrrole nitrogens is 1. The van der Waals surface area contributed by atoms with Gasteiger partial charge in [-0.2, -0.15) is 13.2 Å². The van der Waals surface area contributed by atoms with Crippen LogP contribution in [0.3, 0.4) is 0 Å². The molecule has 1 heterocycles. The summed E-state index contributed by atoms with van der Waals surface area (Å²) < 4.78 is 37.5. The maximum atomic E-state index is 12.5. The van der Waals surface area contributed by atoms with Crippen LogP contribution in [0.1, 0.15) is 23.5 Å². The van der Waals surface area contributed by atoms with Crippen LogP contribution < -0.4 is 11.3 Å². The fourth-order valence-electron chi connectivity index (χ4n) is 1.24. The molecular weight excluding hydrogens is 223 g/mol. The third-order valence-electron chi connectivity index (χ3n) is 2.09. The van der Waals surface area contributed by atoms with E-state index in [2.05, 4.69) is 9.97 Å². The Kier molecular flexibility index (Phi) is 3.69. The van der Waals surface area contributed by atoms with Gasteiger partial charge in [-0.3, -0.25) is 4.79 Å². The fourth-order valence-corrected chi connectivity index (χ4v) is 1.24. The standard InChI is InChI=1S/C9H12F3N3O/c1-5-7(9(10,11)12)14-6(3-2-4-13)15-8(5)16/h2-4,13H2,1H3,(H,14,15,16). The fraction of sp³-hybridized carbons (Fsp3) is 0.556. The van der Waals surface area contributed by atoms with Crippen LogP contribution in [0.15, 0.2) is 4.79 Å². The number of aryl methyl sites for hydroxylation is 1. The second-order valence-electron chi connectivity index (χ2n) is 3.38. The van der Waals surface area contributed by atoms with Gasteiger partial charge in [0.05, 0.1) is 0 Å².